The Kier molecular flexibility index (Phi) is 6.13. The third-order valence-electron chi connectivity index (χ3n) is 6.00. The van der Waals surface area contributed by atoms with E-state index in [2.05, 4.69) is 50.4 Å². The summed E-state index contributed by atoms with van der Waals surface area (Å²) in [6.07, 6.45) is 2.61. The number of nitrogens with one attached hydrogen (secondary N) is 1. The highest BCUT2D eigenvalue weighted by Gasteiger charge is 2.12. The number of anilines is 3. The molecule has 1 fully saturated rings. The Bertz CT molecular complexity index is 1210. The molecule has 5 rings (SSSR count). The van der Waals surface area contributed by atoms with Gasteiger partial charge in [-0.05, 0) is 74.5 Å². The van der Waals surface area contributed by atoms with Gasteiger partial charge in [-0.3, -0.25) is 4.90 Å². The van der Waals surface area contributed by atoms with Crippen molar-refractivity contribution < 1.29 is 4.74 Å². The fraction of sp³-hybridized carbons (Fsp3) is 0.308. The van der Waals surface area contributed by atoms with E-state index >= 15 is 0 Å². The van der Waals surface area contributed by atoms with Gasteiger partial charge >= 0.3 is 0 Å². The van der Waals surface area contributed by atoms with Gasteiger partial charge in [0.25, 0.3) is 0 Å². The number of rotatable bonds is 8. The van der Waals surface area contributed by atoms with Gasteiger partial charge in [-0.1, -0.05) is 18.2 Å². The van der Waals surface area contributed by atoms with Crippen molar-refractivity contribution in [2.45, 2.75) is 12.8 Å². The minimum atomic E-state index is 0.564. The molecule has 33 heavy (non-hydrogen) atoms. The summed E-state index contributed by atoms with van der Waals surface area (Å²) in [5.74, 6) is 1.44. The SMILES string of the molecule is CN(C)c1cccc(-c2cccc3nc(Nc4ccc(OCCN5CCCC5)cc4)nn23)c1. The van der Waals surface area contributed by atoms with Crippen molar-refractivity contribution in [1.29, 1.82) is 0 Å². The molecule has 0 radical (unpaired) electrons. The highest BCUT2D eigenvalue weighted by molar-refractivity contribution is 5.68. The summed E-state index contributed by atoms with van der Waals surface area (Å²) in [6.45, 7) is 4.10. The smallest absolute Gasteiger partial charge is 0.247 e. The van der Waals surface area contributed by atoms with E-state index in [1.54, 1.807) is 0 Å². The molecule has 2 aromatic carbocycles. The summed E-state index contributed by atoms with van der Waals surface area (Å²) >= 11 is 0. The van der Waals surface area contributed by atoms with Crippen molar-refractivity contribution in [3.8, 4) is 17.0 Å². The van der Waals surface area contributed by atoms with E-state index < -0.39 is 0 Å². The van der Waals surface area contributed by atoms with Gasteiger partial charge in [0.1, 0.15) is 12.4 Å². The second-order valence-electron chi connectivity index (χ2n) is 8.61. The monoisotopic (exact) mass is 442 g/mol. The predicted octanol–water partition coefficient (Wildman–Crippen LogP) is 4.68. The summed E-state index contributed by atoms with van der Waals surface area (Å²) in [5, 5.41) is 8.03. The van der Waals surface area contributed by atoms with E-state index in [1.807, 2.05) is 55.0 Å². The second kappa shape index (κ2) is 9.50. The van der Waals surface area contributed by atoms with Gasteiger partial charge in [-0.15, -0.1) is 5.10 Å². The molecule has 0 aliphatic carbocycles. The molecule has 2 aromatic heterocycles. The zero-order valence-electron chi connectivity index (χ0n) is 19.2. The van der Waals surface area contributed by atoms with Crippen LogP contribution in [0.25, 0.3) is 16.9 Å². The molecule has 0 atom stereocenters. The molecule has 7 heteroatoms. The van der Waals surface area contributed by atoms with Crippen molar-refractivity contribution in [2.75, 3.05) is 50.6 Å². The van der Waals surface area contributed by atoms with Crippen molar-refractivity contribution in [1.82, 2.24) is 19.5 Å². The van der Waals surface area contributed by atoms with Crippen LogP contribution in [0.4, 0.5) is 17.3 Å². The lowest BCUT2D eigenvalue weighted by atomic mass is 10.1. The molecule has 0 bridgehead atoms. The van der Waals surface area contributed by atoms with E-state index in [-0.39, 0.29) is 0 Å². The van der Waals surface area contributed by atoms with Crippen LogP contribution in [0.1, 0.15) is 12.8 Å². The summed E-state index contributed by atoms with van der Waals surface area (Å²) in [5.41, 5.74) is 4.96. The van der Waals surface area contributed by atoms with Crippen LogP contribution in [0.2, 0.25) is 0 Å². The summed E-state index contributed by atoms with van der Waals surface area (Å²) in [4.78, 5) is 9.21. The zero-order valence-corrected chi connectivity index (χ0v) is 19.2. The van der Waals surface area contributed by atoms with Crippen molar-refractivity contribution in [3.63, 3.8) is 0 Å². The Balaban J connectivity index is 1.29. The highest BCUT2D eigenvalue weighted by atomic mass is 16.5. The number of hydrogen-bond donors (Lipinski definition) is 1. The second-order valence-corrected chi connectivity index (χ2v) is 8.61. The van der Waals surface area contributed by atoms with E-state index in [1.165, 1.54) is 25.9 Å². The van der Waals surface area contributed by atoms with E-state index in [0.29, 0.717) is 5.95 Å². The molecule has 4 aromatic rings. The van der Waals surface area contributed by atoms with Gasteiger partial charge in [0.05, 0.1) is 5.69 Å². The number of benzene rings is 2. The highest BCUT2D eigenvalue weighted by Crippen LogP contribution is 2.26. The quantitative estimate of drug-likeness (QED) is 0.428. The summed E-state index contributed by atoms with van der Waals surface area (Å²) < 4.78 is 7.79. The molecule has 1 aliphatic heterocycles. The van der Waals surface area contributed by atoms with Crippen LogP contribution in [0.15, 0.2) is 66.7 Å². The lowest BCUT2D eigenvalue weighted by Crippen LogP contribution is -2.25. The van der Waals surface area contributed by atoms with Gasteiger partial charge in [0, 0.05) is 37.6 Å². The van der Waals surface area contributed by atoms with Gasteiger partial charge in [-0.25, -0.2) is 4.52 Å². The minimum absolute atomic E-state index is 0.564. The van der Waals surface area contributed by atoms with Crippen molar-refractivity contribution in [2.24, 2.45) is 0 Å². The number of pyridine rings is 1. The van der Waals surface area contributed by atoms with Crippen LogP contribution >= 0.6 is 0 Å². The molecular formula is C26H30N6O. The minimum Gasteiger partial charge on any atom is -0.492 e. The van der Waals surface area contributed by atoms with Gasteiger partial charge in [0.15, 0.2) is 5.65 Å². The van der Waals surface area contributed by atoms with Crippen LogP contribution in [-0.4, -0.2) is 59.8 Å². The number of nitrogens with zero attached hydrogens (tertiary/aromatic N) is 5. The van der Waals surface area contributed by atoms with Crippen LogP contribution in [0.5, 0.6) is 5.75 Å². The maximum absolute atomic E-state index is 5.90. The van der Waals surface area contributed by atoms with Gasteiger partial charge in [-0.2, -0.15) is 4.98 Å². The van der Waals surface area contributed by atoms with Crippen molar-refractivity contribution in [3.05, 3.63) is 66.7 Å². The fourth-order valence-electron chi connectivity index (χ4n) is 4.18. The molecular weight excluding hydrogens is 412 g/mol. The number of hydrogen-bond acceptors (Lipinski definition) is 6. The maximum Gasteiger partial charge on any atom is 0.247 e. The van der Waals surface area contributed by atoms with Crippen LogP contribution in [0, 0.1) is 0 Å². The molecule has 3 heterocycles. The summed E-state index contributed by atoms with van der Waals surface area (Å²) in [7, 11) is 4.09. The van der Waals surface area contributed by atoms with Crippen LogP contribution < -0.4 is 15.0 Å². The number of fused-ring (bicyclic) bond motifs is 1. The molecule has 1 N–H and O–H groups in total. The van der Waals surface area contributed by atoms with Gasteiger partial charge < -0.3 is 15.0 Å². The average molecular weight is 443 g/mol. The Hall–Kier alpha value is -3.58. The average Bonchev–Trinajstić information content (AvgIpc) is 3.49. The van der Waals surface area contributed by atoms with Crippen LogP contribution in [-0.2, 0) is 0 Å². The third-order valence-corrected chi connectivity index (χ3v) is 6.00. The first-order valence-electron chi connectivity index (χ1n) is 11.5. The normalized spacial score (nSPS) is 14.0. The molecule has 7 nitrogen and oxygen atoms in total. The Morgan fingerprint density at radius 3 is 2.55 bits per heavy atom. The zero-order chi connectivity index (χ0) is 22.6. The van der Waals surface area contributed by atoms with Crippen LogP contribution in [0.3, 0.4) is 0 Å². The molecule has 170 valence electrons. The number of likely N-dealkylation sites (tertiary alicyclic amines) is 1. The van der Waals surface area contributed by atoms with E-state index in [9.17, 15) is 0 Å². The lowest BCUT2D eigenvalue weighted by molar-refractivity contribution is 0.238. The molecule has 0 saturated carbocycles. The first-order chi connectivity index (χ1) is 16.2. The standard InChI is InChI=1S/C26H30N6O/c1-30(2)22-8-5-7-20(19-22)24-9-6-10-25-28-26(29-32(24)25)27-21-11-13-23(14-12-21)33-18-17-31-15-3-4-16-31/h5-14,19H,3-4,15-18H2,1-2H3,(H,27,29). The molecule has 0 amide bonds. The summed E-state index contributed by atoms with van der Waals surface area (Å²) in [6, 6.07) is 22.4. The Morgan fingerprint density at radius 2 is 1.76 bits per heavy atom. The molecule has 0 unspecified atom stereocenters. The first-order valence-corrected chi connectivity index (χ1v) is 11.5. The Labute approximate surface area is 194 Å². The topological polar surface area (TPSA) is 57.9 Å². The third kappa shape index (κ3) is 4.93. The van der Waals surface area contributed by atoms with Crippen molar-refractivity contribution >= 4 is 23.0 Å². The number of aromatic nitrogens is 3. The first kappa shape index (κ1) is 21.3. The predicted molar refractivity (Wildman–Crippen MR) is 134 cm³/mol. The molecule has 1 aliphatic rings. The van der Waals surface area contributed by atoms with Gasteiger partial charge in [0.2, 0.25) is 5.95 Å². The number of ether oxygens (including phenoxy) is 1. The molecule has 0 spiro atoms. The fourth-order valence-corrected chi connectivity index (χ4v) is 4.18. The van der Waals surface area contributed by atoms with E-state index in [0.717, 1.165) is 47.2 Å². The Morgan fingerprint density at radius 1 is 0.970 bits per heavy atom. The largest absolute Gasteiger partial charge is 0.492 e. The maximum atomic E-state index is 5.90. The van der Waals surface area contributed by atoms with E-state index in [4.69, 9.17) is 9.84 Å². The lowest BCUT2D eigenvalue weighted by Gasteiger charge is -2.15. The molecule has 1 saturated heterocycles.